The molecule has 0 aromatic heterocycles. The molecule has 0 saturated heterocycles. The van der Waals surface area contributed by atoms with E-state index in [1.54, 1.807) is 0 Å². The first-order valence-electron chi connectivity index (χ1n) is 7.58. The van der Waals surface area contributed by atoms with Gasteiger partial charge in [0.1, 0.15) is 0 Å². The molecule has 2 aromatic rings. The van der Waals surface area contributed by atoms with E-state index in [-0.39, 0.29) is 6.04 Å². The SMILES string of the molecule is Cc1ccc(C(C)NC(=S)Nc2cc(C)ccc2C)c(C)c1. The molecule has 2 aromatic carbocycles. The molecule has 0 heterocycles. The highest BCUT2D eigenvalue weighted by Gasteiger charge is 2.10. The van der Waals surface area contributed by atoms with E-state index in [1.165, 1.54) is 27.8 Å². The summed E-state index contributed by atoms with van der Waals surface area (Å²) in [6.07, 6.45) is 0. The van der Waals surface area contributed by atoms with Crippen molar-refractivity contribution in [3.05, 3.63) is 64.2 Å². The molecule has 1 atom stereocenters. The first-order valence-corrected chi connectivity index (χ1v) is 7.99. The van der Waals surface area contributed by atoms with Gasteiger partial charge in [-0.15, -0.1) is 0 Å². The monoisotopic (exact) mass is 312 g/mol. The minimum absolute atomic E-state index is 0.172. The number of hydrogen-bond acceptors (Lipinski definition) is 1. The first kappa shape index (κ1) is 16.5. The summed E-state index contributed by atoms with van der Waals surface area (Å²) >= 11 is 5.46. The third kappa shape index (κ3) is 4.08. The van der Waals surface area contributed by atoms with Gasteiger partial charge in [-0.05, 0) is 75.2 Å². The zero-order chi connectivity index (χ0) is 16.3. The van der Waals surface area contributed by atoms with E-state index in [0.29, 0.717) is 5.11 Å². The lowest BCUT2D eigenvalue weighted by Crippen LogP contribution is -2.31. The van der Waals surface area contributed by atoms with Crippen molar-refractivity contribution in [2.24, 2.45) is 0 Å². The van der Waals surface area contributed by atoms with Gasteiger partial charge in [0.15, 0.2) is 5.11 Å². The van der Waals surface area contributed by atoms with Crippen LogP contribution in [0.3, 0.4) is 0 Å². The molecular formula is C19H24N2S. The molecule has 2 rings (SSSR count). The number of benzene rings is 2. The van der Waals surface area contributed by atoms with Crippen molar-refractivity contribution < 1.29 is 0 Å². The van der Waals surface area contributed by atoms with Crippen molar-refractivity contribution >= 4 is 23.0 Å². The third-order valence-corrected chi connectivity index (χ3v) is 4.10. The van der Waals surface area contributed by atoms with Gasteiger partial charge in [0.2, 0.25) is 0 Å². The van der Waals surface area contributed by atoms with E-state index in [1.807, 2.05) is 0 Å². The zero-order valence-corrected chi connectivity index (χ0v) is 14.8. The molecule has 2 nitrogen and oxygen atoms in total. The summed E-state index contributed by atoms with van der Waals surface area (Å²) < 4.78 is 0. The fourth-order valence-corrected chi connectivity index (χ4v) is 2.90. The first-order chi connectivity index (χ1) is 10.4. The second kappa shape index (κ2) is 6.93. The molecule has 0 aliphatic rings. The summed E-state index contributed by atoms with van der Waals surface area (Å²) in [7, 11) is 0. The van der Waals surface area contributed by atoms with Crippen molar-refractivity contribution in [1.82, 2.24) is 5.32 Å². The Balaban J connectivity index is 2.06. The van der Waals surface area contributed by atoms with Gasteiger partial charge in [0.05, 0.1) is 6.04 Å². The number of rotatable bonds is 3. The average molecular weight is 312 g/mol. The van der Waals surface area contributed by atoms with Crippen LogP contribution in [0.5, 0.6) is 0 Å². The normalized spacial score (nSPS) is 11.9. The topological polar surface area (TPSA) is 24.1 Å². The lowest BCUT2D eigenvalue weighted by atomic mass is 10.0. The van der Waals surface area contributed by atoms with Gasteiger partial charge in [-0.1, -0.05) is 35.9 Å². The fourth-order valence-electron chi connectivity index (χ4n) is 2.61. The maximum absolute atomic E-state index is 5.46. The lowest BCUT2D eigenvalue weighted by molar-refractivity contribution is 0.717. The van der Waals surface area contributed by atoms with Crippen molar-refractivity contribution in [3.8, 4) is 0 Å². The van der Waals surface area contributed by atoms with Gasteiger partial charge in [-0.3, -0.25) is 0 Å². The van der Waals surface area contributed by atoms with Crippen LogP contribution in [-0.4, -0.2) is 5.11 Å². The van der Waals surface area contributed by atoms with E-state index in [4.69, 9.17) is 12.2 Å². The summed E-state index contributed by atoms with van der Waals surface area (Å²) in [6.45, 7) is 10.6. The Morgan fingerprint density at radius 1 is 0.909 bits per heavy atom. The molecule has 0 radical (unpaired) electrons. The molecule has 0 aliphatic carbocycles. The van der Waals surface area contributed by atoms with Gasteiger partial charge >= 0.3 is 0 Å². The third-order valence-electron chi connectivity index (χ3n) is 3.88. The highest BCUT2D eigenvalue weighted by molar-refractivity contribution is 7.80. The zero-order valence-electron chi connectivity index (χ0n) is 13.9. The molecule has 116 valence electrons. The number of aryl methyl sites for hydroxylation is 4. The quantitative estimate of drug-likeness (QED) is 0.783. The minimum atomic E-state index is 0.172. The van der Waals surface area contributed by atoms with Crippen LogP contribution in [0.2, 0.25) is 0 Å². The molecule has 1 unspecified atom stereocenters. The summed E-state index contributed by atoms with van der Waals surface area (Å²) in [4.78, 5) is 0. The predicted molar refractivity (Wildman–Crippen MR) is 99.6 cm³/mol. The largest absolute Gasteiger partial charge is 0.356 e. The molecule has 3 heteroatoms. The lowest BCUT2D eigenvalue weighted by Gasteiger charge is -2.20. The number of anilines is 1. The van der Waals surface area contributed by atoms with Gasteiger partial charge in [-0.2, -0.15) is 0 Å². The van der Waals surface area contributed by atoms with Gasteiger partial charge in [0, 0.05) is 5.69 Å². The number of nitrogens with one attached hydrogen (secondary N) is 2. The van der Waals surface area contributed by atoms with Crippen LogP contribution >= 0.6 is 12.2 Å². The number of hydrogen-bond donors (Lipinski definition) is 2. The average Bonchev–Trinajstić information content (AvgIpc) is 2.42. The Hall–Kier alpha value is -1.87. The van der Waals surface area contributed by atoms with Crippen LogP contribution in [0.1, 0.15) is 40.8 Å². The van der Waals surface area contributed by atoms with Crippen molar-refractivity contribution in [2.75, 3.05) is 5.32 Å². The second-order valence-electron chi connectivity index (χ2n) is 6.00. The van der Waals surface area contributed by atoms with E-state index < -0.39 is 0 Å². The standard InChI is InChI=1S/C19H24N2S/c1-12-7-9-17(15(4)10-12)16(5)20-19(22)21-18-11-13(2)6-8-14(18)3/h6-11,16H,1-5H3,(H2,20,21,22). The Morgan fingerprint density at radius 3 is 2.23 bits per heavy atom. The van der Waals surface area contributed by atoms with Crippen molar-refractivity contribution in [1.29, 1.82) is 0 Å². The van der Waals surface area contributed by atoms with Gasteiger partial charge in [0.25, 0.3) is 0 Å². The van der Waals surface area contributed by atoms with Crippen LogP contribution in [0.25, 0.3) is 0 Å². The molecule has 0 saturated carbocycles. The summed E-state index contributed by atoms with van der Waals surface area (Å²) in [5, 5.41) is 7.33. The molecule has 0 aliphatic heterocycles. The Kier molecular flexibility index (Phi) is 5.19. The smallest absolute Gasteiger partial charge is 0.171 e. The summed E-state index contributed by atoms with van der Waals surface area (Å²) in [5.74, 6) is 0. The number of thiocarbonyl (C=S) groups is 1. The van der Waals surface area contributed by atoms with E-state index in [0.717, 1.165) is 5.69 Å². The molecule has 0 bridgehead atoms. The van der Waals surface area contributed by atoms with Crippen molar-refractivity contribution in [2.45, 2.75) is 40.7 Å². The summed E-state index contributed by atoms with van der Waals surface area (Å²) in [5.41, 5.74) is 7.31. The second-order valence-corrected chi connectivity index (χ2v) is 6.41. The Morgan fingerprint density at radius 2 is 1.55 bits per heavy atom. The molecule has 22 heavy (non-hydrogen) atoms. The highest BCUT2D eigenvalue weighted by atomic mass is 32.1. The Labute approximate surface area is 139 Å². The van der Waals surface area contributed by atoms with E-state index in [9.17, 15) is 0 Å². The molecule has 0 spiro atoms. The molecule has 0 fully saturated rings. The van der Waals surface area contributed by atoms with Gasteiger partial charge < -0.3 is 10.6 Å². The molecule has 0 amide bonds. The van der Waals surface area contributed by atoms with Crippen LogP contribution in [-0.2, 0) is 0 Å². The van der Waals surface area contributed by atoms with Crippen LogP contribution in [0, 0.1) is 27.7 Å². The fraction of sp³-hybridized carbons (Fsp3) is 0.316. The highest BCUT2D eigenvalue weighted by Crippen LogP contribution is 2.20. The van der Waals surface area contributed by atoms with Gasteiger partial charge in [-0.25, -0.2) is 0 Å². The Bertz CT molecular complexity index is 692. The van der Waals surface area contributed by atoms with E-state index in [2.05, 4.69) is 81.7 Å². The van der Waals surface area contributed by atoms with Crippen molar-refractivity contribution in [3.63, 3.8) is 0 Å². The van der Waals surface area contributed by atoms with Crippen LogP contribution in [0.4, 0.5) is 5.69 Å². The minimum Gasteiger partial charge on any atom is -0.356 e. The van der Waals surface area contributed by atoms with Crippen LogP contribution < -0.4 is 10.6 Å². The maximum Gasteiger partial charge on any atom is 0.171 e. The predicted octanol–water partition coefficient (Wildman–Crippen LogP) is 4.97. The molecular weight excluding hydrogens is 288 g/mol. The van der Waals surface area contributed by atoms with E-state index >= 15 is 0 Å². The molecule has 2 N–H and O–H groups in total. The summed E-state index contributed by atoms with van der Waals surface area (Å²) in [6, 6.07) is 13.0. The van der Waals surface area contributed by atoms with Crippen LogP contribution in [0.15, 0.2) is 36.4 Å². The maximum atomic E-state index is 5.46.